The van der Waals surface area contributed by atoms with Crippen LogP contribution in [0.4, 0.5) is 0 Å². The van der Waals surface area contributed by atoms with Crippen LogP contribution in [-0.4, -0.2) is 29.3 Å². The minimum absolute atomic E-state index is 0.633. The van der Waals surface area contributed by atoms with E-state index in [4.69, 9.17) is 20.1 Å². The molecule has 0 bridgehead atoms. The smallest absolute Gasteiger partial charge is 0.164 e. The molecule has 0 aliphatic heterocycles. The van der Waals surface area contributed by atoms with Crippen molar-refractivity contribution in [1.82, 2.24) is 29.3 Å². The Morgan fingerprint density at radius 3 is 1.52 bits per heavy atom. The molecule has 0 saturated carbocycles. The number of nitrogens with zero attached hydrogens (tertiary/aromatic N) is 6. The SMILES string of the molecule is c1ccc(-c2nc(-c3ccccc3)nc(-c3cccc(-c4ccc5c(c4)c4ccc6c(cnn6-c6ccccc6)c4n5-c4ccccc4)c3)n2)cc1. The fraction of sp³-hybridized carbons (Fsp3) is 0. The van der Waals surface area contributed by atoms with Gasteiger partial charge in [0.25, 0.3) is 0 Å². The van der Waals surface area contributed by atoms with Crippen molar-refractivity contribution in [1.29, 1.82) is 0 Å². The Bertz CT molecular complexity index is 2820. The molecule has 0 amide bonds. The van der Waals surface area contributed by atoms with Crippen LogP contribution in [0.25, 0.3) is 89.4 Å². The molecule has 0 radical (unpaired) electrons. The summed E-state index contributed by atoms with van der Waals surface area (Å²) in [5.74, 6) is 1.92. The summed E-state index contributed by atoms with van der Waals surface area (Å²) in [6, 6.07) is 60.7. The van der Waals surface area contributed by atoms with E-state index >= 15 is 0 Å². The number of benzene rings is 7. The van der Waals surface area contributed by atoms with Gasteiger partial charge in [0.15, 0.2) is 17.5 Å². The van der Waals surface area contributed by atoms with Gasteiger partial charge in [-0.2, -0.15) is 5.10 Å². The summed E-state index contributed by atoms with van der Waals surface area (Å²) >= 11 is 0. The molecule has 3 heterocycles. The van der Waals surface area contributed by atoms with E-state index in [0.717, 1.165) is 61.1 Å². The van der Waals surface area contributed by atoms with Gasteiger partial charge in [0, 0.05) is 38.5 Å². The molecule has 6 nitrogen and oxygen atoms in total. The molecule has 10 aromatic rings. The maximum atomic E-state index is 4.98. The summed E-state index contributed by atoms with van der Waals surface area (Å²) in [4.78, 5) is 14.8. The highest BCUT2D eigenvalue weighted by molar-refractivity contribution is 6.18. The van der Waals surface area contributed by atoms with Gasteiger partial charge < -0.3 is 4.57 Å². The van der Waals surface area contributed by atoms with Crippen LogP contribution in [0.1, 0.15) is 0 Å². The molecule has 10 rings (SSSR count). The summed E-state index contributed by atoms with van der Waals surface area (Å²) in [6.45, 7) is 0. The second-order valence-corrected chi connectivity index (χ2v) is 12.8. The lowest BCUT2D eigenvalue weighted by Gasteiger charge is -2.10. The van der Waals surface area contributed by atoms with Crippen molar-refractivity contribution >= 4 is 32.7 Å². The van der Waals surface area contributed by atoms with Crippen LogP contribution in [0.3, 0.4) is 0 Å². The predicted molar refractivity (Wildman–Crippen MR) is 211 cm³/mol. The molecule has 3 aromatic heterocycles. The largest absolute Gasteiger partial charge is 0.309 e. The monoisotopic (exact) mass is 666 g/mol. The highest BCUT2D eigenvalue weighted by Gasteiger charge is 2.19. The van der Waals surface area contributed by atoms with Crippen molar-refractivity contribution in [3.8, 4) is 56.7 Å². The van der Waals surface area contributed by atoms with Gasteiger partial charge in [-0.05, 0) is 65.7 Å². The van der Waals surface area contributed by atoms with Crippen molar-refractivity contribution in [2.24, 2.45) is 0 Å². The first-order valence-corrected chi connectivity index (χ1v) is 17.3. The van der Waals surface area contributed by atoms with Gasteiger partial charge >= 0.3 is 0 Å². The standard InChI is InChI=1S/C46H30N6/c1-5-14-31(15-6-1)44-48-45(32-16-7-2-8-17-32)50-46(49-44)35-19-13-18-33(28-35)34-24-26-41-39(29-34)38-25-27-42-40(30-47-52(42)37-22-11-4-12-23-37)43(38)51(41)36-20-9-3-10-21-36/h1-30H. The summed E-state index contributed by atoms with van der Waals surface area (Å²) < 4.78 is 4.39. The Hall–Kier alpha value is -7.18. The molecule has 52 heavy (non-hydrogen) atoms. The predicted octanol–water partition coefficient (Wildman–Crippen LogP) is 11.0. The van der Waals surface area contributed by atoms with Crippen LogP contribution >= 0.6 is 0 Å². The van der Waals surface area contributed by atoms with Crippen LogP contribution in [0, 0.1) is 0 Å². The van der Waals surface area contributed by atoms with E-state index in [1.54, 1.807) is 0 Å². The Labute approximate surface area is 300 Å². The van der Waals surface area contributed by atoms with Gasteiger partial charge in [-0.15, -0.1) is 0 Å². The average molecular weight is 667 g/mol. The first-order valence-electron chi connectivity index (χ1n) is 17.3. The molecule has 0 aliphatic rings. The average Bonchev–Trinajstić information content (AvgIpc) is 3.81. The van der Waals surface area contributed by atoms with Gasteiger partial charge in [-0.1, -0.05) is 121 Å². The van der Waals surface area contributed by atoms with Crippen molar-refractivity contribution < 1.29 is 0 Å². The molecule has 0 fully saturated rings. The number of fused-ring (bicyclic) bond motifs is 5. The Morgan fingerprint density at radius 2 is 0.865 bits per heavy atom. The van der Waals surface area contributed by atoms with Gasteiger partial charge in [0.1, 0.15) is 0 Å². The lowest BCUT2D eigenvalue weighted by Crippen LogP contribution is -2.00. The fourth-order valence-corrected chi connectivity index (χ4v) is 7.19. The normalized spacial score (nSPS) is 11.5. The highest BCUT2D eigenvalue weighted by Crippen LogP contribution is 2.39. The topological polar surface area (TPSA) is 61.4 Å². The number of hydrogen-bond acceptors (Lipinski definition) is 4. The van der Waals surface area contributed by atoms with Crippen molar-refractivity contribution in [3.05, 3.63) is 182 Å². The Kier molecular flexibility index (Phi) is 7.03. The zero-order valence-corrected chi connectivity index (χ0v) is 28.0. The quantitative estimate of drug-likeness (QED) is 0.177. The van der Waals surface area contributed by atoms with E-state index in [9.17, 15) is 0 Å². The zero-order valence-electron chi connectivity index (χ0n) is 28.0. The molecule has 7 aromatic carbocycles. The van der Waals surface area contributed by atoms with Crippen LogP contribution in [0.2, 0.25) is 0 Å². The van der Waals surface area contributed by atoms with Gasteiger partial charge in [-0.25, -0.2) is 19.6 Å². The summed E-state index contributed by atoms with van der Waals surface area (Å²) in [5, 5.41) is 8.31. The summed E-state index contributed by atoms with van der Waals surface area (Å²) in [7, 11) is 0. The maximum Gasteiger partial charge on any atom is 0.164 e. The fourth-order valence-electron chi connectivity index (χ4n) is 7.19. The van der Waals surface area contributed by atoms with Crippen molar-refractivity contribution in [2.75, 3.05) is 0 Å². The van der Waals surface area contributed by atoms with Crippen LogP contribution in [-0.2, 0) is 0 Å². The van der Waals surface area contributed by atoms with E-state index in [2.05, 4.69) is 102 Å². The number of hydrogen-bond donors (Lipinski definition) is 0. The first kappa shape index (κ1) is 29.7. The van der Waals surface area contributed by atoms with E-state index in [0.29, 0.717) is 17.5 Å². The molecule has 6 heteroatoms. The van der Waals surface area contributed by atoms with Crippen molar-refractivity contribution in [2.45, 2.75) is 0 Å². The first-order chi connectivity index (χ1) is 25.8. The Morgan fingerprint density at radius 1 is 0.346 bits per heavy atom. The minimum atomic E-state index is 0.633. The van der Waals surface area contributed by atoms with E-state index in [-0.39, 0.29) is 0 Å². The third kappa shape index (κ3) is 5.05. The lowest BCUT2D eigenvalue weighted by atomic mass is 10.00. The molecular weight excluding hydrogens is 637 g/mol. The molecule has 0 unspecified atom stereocenters. The lowest BCUT2D eigenvalue weighted by molar-refractivity contribution is 0.911. The molecule has 0 spiro atoms. The van der Waals surface area contributed by atoms with Crippen LogP contribution in [0.15, 0.2) is 182 Å². The summed E-state index contributed by atoms with van der Waals surface area (Å²) in [5.41, 5.74) is 10.5. The molecule has 0 saturated heterocycles. The molecule has 0 aliphatic carbocycles. The van der Waals surface area contributed by atoms with Gasteiger partial charge in [0.05, 0.1) is 28.4 Å². The van der Waals surface area contributed by atoms with E-state index in [1.165, 1.54) is 10.8 Å². The summed E-state index contributed by atoms with van der Waals surface area (Å²) in [6.07, 6.45) is 2.00. The van der Waals surface area contributed by atoms with E-state index in [1.807, 2.05) is 89.7 Å². The molecule has 0 atom stereocenters. The number of rotatable bonds is 6. The minimum Gasteiger partial charge on any atom is -0.309 e. The van der Waals surface area contributed by atoms with Crippen molar-refractivity contribution in [3.63, 3.8) is 0 Å². The molecule has 244 valence electrons. The molecular formula is C46H30N6. The highest BCUT2D eigenvalue weighted by atomic mass is 15.3. The Balaban J connectivity index is 1.14. The third-order valence-corrected chi connectivity index (χ3v) is 9.64. The second-order valence-electron chi connectivity index (χ2n) is 12.8. The van der Waals surface area contributed by atoms with Crippen LogP contribution in [0.5, 0.6) is 0 Å². The third-order valence-electron chi connectivity index (χ3n) is 9.64. The number of para-hydroxylation sites is 2. The zero-order chi connectivity index (χ0) is 34.4. The number of aromatic nitrogens is 6. The molecule has 0 N–H and O–H groups in total. The van der Waals surface area contributed by atoms with Gasteiger partial charge in [-0.3, -0.25) is 0 Å². The maximum absolute atomic E-state index is 4.98. The van der Waals surface area contributed by atoms with E-state index < -0.39 is 0 Å². The van der Waals surface area contributed by atoms with Crippen LogP contribution < -0.4 is 0 Å². The van der Waals surface area contributed by atoms with Gasteiger partial charge in [0.2, 0.25) is 0 Å². The second kappa shape index (κ2) is 12.3.